The summed E-state index contributed by atoms with van der Waals surface area (Å²) >= 11 is 12.9. The number of aryl methyl sites for hydroxylation is 1. The molecule has 268 valence electrons. The molecule has 0 bridgehead atoms. The van der Waals surface area contributed by atoms with Gasteiger partial charge in [-0.05, 0) is 43.5 Å². The van der Waals surface area contributed by atoms with E-state index in [1.165, 1.54) is 22.8 Å². The van der Waals surface area contributed by atoms with E-state index in [4.69, 9.17) is 23.2 Å². The number of hydrogen-bond donors (Lipinski definition) is 4. The van der Waals surface area contributed by atoms with Crippen molar-refractivity contribution in [1.29, 1.82) is 0 Å². The van der Waals surface area contributed by atoms with Crippen molar-refractivity contribution in [2.45, 2.75) is 69.1 Å². The summed E-state index contributed by atoms with van der Waals surface area (Å²) in [6, 6.07) is 4.89. The molecule has 2 fully saturated rings. The Balaban J connectivity index is 1.45. The number of piperidine rings is 1. The zero-order valence-electron chi connectivity index (χ0n) is 25.8. The Bertz CT molecular complexity index is 1760. The minimum absolute atomic E-state index is 0.0205. The summed E-state index contributed by atoms with van der Waals surface area (Å²) in [5, 5.41) is 17.1. The van der Waals surface area contributed by atoms with Gasteiger partial charge in [0.05, 0.1) is 43.9 Å². The predicted molar refractivity (Wildman–Crippen MR) is 165 cm³/mol. The second-order valence-corrected chi connectivity index (χ2v) is 13.1. The SMILES string of the molecule is Cn1c(Nc2c(Cl)ccc(CNC(=O)[C@](C)(O)C(F)(F)F)c2Cl)nc2cc(C(=O)NC3CC(F)(F)C3)c(N3CCC(C(F)(F)F)CC3)cc21. The molecule has 3 aromatic rings. The molecule has 0 spiro atoms. The number of aromatic nitrogens is 2. The highest BCUT2D eigenvalue weighted by atomic mass is 35.5. The lowest BCUT2D eigenvalue weighted by Gasteiger charge is -2.37. The van der Waals surface area contributed by atoms with Gasteiger partial charge in [-0.15, -0.1) is 0 Å². The normalized spacial score (nSPS) is 18.6. The minimum atomic E-state index is -5.24. The number of rotatable bonds is 8. The number of halogens is 10. The molecule has 2 amide bonds. The van der Waals surface area contributed by atoms with Gasteiger partial charge in [0.15, 0.2) is 0 Å². The largest absolute Gasteiger partial charge is 0.426 e. The minimum Gasteiger partial charge on any atom is -0.373 e. The van der Waals surface area contributed by atoms with Crippen LogP contribution in [0.5, 0.6) is 0 Å². The molecule has 1 saturated heterocycles. The summed E-state index contributed by atoms with van der Waals surface area (Å²) in [7, 11) is 1.58. The maximum Gasteiger partial charge on any atom is 0.426 e. The fourth-order valence-corrected chi connectivity index (χ4v) is 6.22. The van der Waals surface area contributed by atoms with Crippen LogP contribution in [0.3, 0.4) is 0 Å². The molecule has 19 heteroatoms. The molecule has 1 saturated carbocycles. The van der Waals surface area contributed by atoms with Gasteiger partial charge in [0, 0.05) is 45.6 Å². The number of fused-ring (bicyclic) bond motifs is 1. The monoisotopic (exact) mass is 744 g/mol. The fourth-order valence-electron chi connectivity index (χ4n) is 5.69. The molecule has 1 atom stereocenters. The van der Waals surface area contributed by atoms with Crippen molar-refractivity contribution < 1.29 is 49.8 Å². The highest BCUT2D eigenvalue weighted by Gasteiger charge is 2.55. The van der Waals surface area contributed by atoms with Gasteiger partial charge in [0.2, 0.25) is 11.5 Å². The lowest BCUT2D eigenvalue weighted by atomic mass is 9.88. The summed E-state index contributed by atoms with van der Waals surface area (Å²) in [4.78, 5) is 31.6. The van der Waals surface area contributed by atoms with E-state index in [0.717, 1.165) is 0 Å². The van der Waals surface area contributed by atoms with E-state index in [9.17, 15) is 49.8 Å². The first-order chi connectivity index (χ1) is 22.6. The van der Waals surface area contributed by atoms with E-state index in [2.05, 4.69) is 15.6 Å². The van der Waals surface area contributed by atoms with Crippen LogP contribution in [0.2, 0.25) is 10.0 Å². The number of aliphatic hydroxyl groups is 1. The molecular formula is C30H30Cl2F8N6O3. The molecule has 1 aliphatic carbocycles. The molecule has 0 unspecified atom stereocenters. The molecule has 2 aliphatic rings. The molecule has 49 heavy (non-hydrogen) atoms. The Hall–Kier alpha value is -3.57. The topological polar surface area (TPSA) is 112 Å². The number of anilines is 3. The third kappa shape index (κ3) is 7.48. The molecule has 2 heterocycles. The average molecular weight is 745 g/mol. The summed E-state index contributed by atoms with van der Waals surface area (Å²) in [5.41, 5.74) is -2.50. The van der Waals surface area contributed by atoms with Crippen molar-refractivity contribution in [3.8, 4) is 0 Å². The van der Waals surface area contributed by atoms with Gasteiger partial charge in [0.1, 0.15) is 0 Å². The number of benzene rings is 2. The van der Waals surface area contributed by atoms with Gasteiger partial charge >= 0.3 is 12.4 Å². The number of nitrogens with one attached hydrogen (secondary N) is 3. The van der Waals surface area contributed by atoms with Crippen LogP contribution in [0.1, 0.15) is 48.5 Å². The second kappa shape index (κ2) is 13.0. The standard InChI is InChI=1S/C30H30Cl2F8N6O3/c1-27(49,30(38,39)40)25(48)41-13-14-3-4-18(31)23(22(14)32)44-26-43-19-9-17(24(47)42-16-11-28(33,34)12-16)20(10-21(19)45(26)2)46-7-5-15(6-8-46)29(35,36)37/h3-4,9-10,15-16,49H,5-8,11-13H2,1-2H3,(H,41,48)(H,42,47)(H,43,44)/t27-/m0/s1. The van der Waals surface area contributed by atoms with Gasteiger partial charge in [0.25, 0.3) is 17.7 Å². The van der Waals surface area contributed by atoms with Gasteiger partial charge in [-0.3, -0.25) is 9.59 Å². The Labute approximate surface area is 283 Å². The maximum atomic E-state index is 13.5. The molecule has 9 nitrogen and oxygen atoms in total. The lowest BCUT2D eigenvalue weighted by Crippen LogP contribution is -2.54. The molecule has 4 N–H and O–H groups in total. The van der Waals surface area contributed by atoms with Crippen LogP contribution in [0.25, 0.3) is 11.0 Å². The molecule has 1 aromatic heterocycles. The van der Waals surface area contributed by atoms with E-state index >= 15 is 0 Å². The van der Waals surface area contributed by atoms with Gasteiger partial charge < -0.3 is 30.5 Å². The Morgan fingerprint density at radius 3 is 2.27 bits per heavy atom. The molecular weight excluding hydrogens is 715 g/mol. The summed E-state index contributed by atoms with van der Waals surface area (Å²) in [5.74, 6) is -6.70. The van der Waals surface area contributed by atoms with Crippen LogP contribution in [0, 0.1) is 5.92 Å². The van der Waals surface area contributed by atoms with E-state index in [-0.39, 0.29) is 69.9 Å². The summed E-state index contributed by atoms with van der Waals surface area (Å²) < 4.78 is 108. The number of imidazole rings is 1. The zero-order valence-corrected chi connectivity index (χ0v) is 27.3. The number of carbonyl (C=O) groups is 2. The Kier molecular flexibility index (Phi) is 9.70. The van der Waals surface area contributed by atoms with Crippen molar-refractivity contribution >= 4 is 63.4 Å². The van der Waals surface area contributed by atoms with Crippen LogP contribution in [0.15, 0.2) is 24.3 Å². The smallest absolute Gasteiger partial charge is 0.373 e. The number of nitrogens with zero attached hydrogens (tertiary/aromatic N) is 3. The quantitative estimate of drug-likeness (QED) is 0.188. The van der Waals surface area contributed by atoms with Crippen molar-refractivity contribution in [2.24, 2.45) is 13.0 Å². The van der Waals surface area contributed by atoms with E-state index in [1.807, 2.05) is 5.32 Å². The summed E-state index contributed by atoms with van der Waals surface area (Å²) in [6.07, 6.45) is -11.1. The highest BCUT2D eigenvalue weighted by molar-refractivity contribution is 6.39. The first-order valence-electron chi connectivity index (χ1n) is 14.9. The third-order valence-electron chi connectivity index (χ3n) is 8.81. The van der Waals surface area contributed by atoms with Crippen molar-refractivity contribution in [3.63, 3.8) is 0 Å². The maximum absolute atomic E-state index is 13.5. The number of hydrogen-bond acceptors (Lipinski definition) is 6. The predicted octanol–water partition coefficient (Wildman–Crippen LogP) is 6.86. The average Bonchev–Trinajstić information content (AvgIpc) is 3.29. The molecule has 5 rings (SSSR count). The Morgan fingerprint density at radius 2 is 1.69 bits per heavy atom. The van der Waals surface area contributed by atoms with Crippen LogP contribution < -0.4 is 20.9 Å². The van der Waals surface area contributed by atoms with Crippen molar-refractivity contribution in [2.75, 3.05) is 23.3 Å². The summed E-state index contributed by atoms with van der Waals surface area (Å²) in [6.45, 7) is -0.250. The van der Waals surface area contributed by atoms with Gasteiger partial charge in [-0.25, -0.2) is 13.8 Å². The highest BCUT2D eigenvalue weighted by Crippen LogP contribution is 2.41. The van der Waals surface area contributed by atoms with Crippen LogP contribution in [-0.2, 0) is 18.4 Å². The van der Waals surface area contributed by atoms with Gasteiger partial charge in [-0.2, -0.15) is 26.3 Å². The third-order valence-corrected chi connectivity index (χ3v) is 9.55. The molecule has 0 radical (unpaired) electrons. The zero-order chi connectivity index (χ0) is 36.3. The van der Waals surface area contributed by atoms with E-state index in [0.29, 0.717) is 12.4 Å². The fraction of sp³-hybridized carbons (Fsp3) is 0.500. The van der Waals surface area contributed by atoms with Crippen molar-refractivity contribution in [3.05, 3.63) is 45.4 Å². The van der Waals surface area contributed by atoms with E-state index < -0.39 is 67.0 Å². The van der Waals surface area contributed by atoms with Crippen LogP contribution in [0.4, 0.5) is 52.4 Å². The Morgan fingerprint density at radius 1 is 1.06 bits per heavy atom. The molecule has 2 aromatic carbocycles. The van der Waals surface area contributed by atoms with Crippen LogP contribution >= 0.6 is 23.2 Å². The first kappa shape index (κ1) is 36.7. The number of alkyl halides is 8. The second-order valence-electron chi connectivity index (χ2n) is 12.4. The number of amides is 2. The van der Waals surface area contributed by atoms with E-state index in [1.54, 1.807) is 18.0 Å². The van der Waals surface area contributed by atoms with Gasteiger partial charge in [-0.1, -0.05) is 29.3 Å². The van der Waals surface area contributed by atoms with Crippen molar-refractivity contribution in [1.82, 2.24) is 20.2 Å². The number of carbonyl (C=O) groups excluding carboxylic acids is 2. The first-order valence-corrected chi connectivity index (χ1v) is 15.7. The molecule has 1 aliphatic heterocycles. The lowest BCUT2D eigenvalue weighted by molar-refractivity contribution is -0.245. The van der Waals surface area contributed by atoms with Crippen LogP contribution in [-0.4, -0.2) is 69.5 Å².